The van der Waals surface area contributed by atoms with Crippen molar-refractivity contribution >= 4 is 29.2 Å². The Morgan fingerprint density at radius 1 is 1.62 bits per heavy atom. The molecule has 0 fully saturated rings. The summed E-state index contributed by atoms with van der Waals surface area (Å²) in [6, 6.07) is 0. The number of rotatable bonds is 5. The van der Waals surface area contributed by atoms with Gasteiger partial charge in [-0.3, -0.25) is 0 Å². The average molecular weight is 222 g/mol. The molecule has 0 N–H and O–H groups in total. The Balaban J connectivity index is 0. The van der Waals surface area contributed by atoms with Crippen LogP contribution in [0.2, 0.25) is 0 Å². The molecule has 0 aromatic carbocycles. The Morgan fingerprint density at radius 3 is 2.46 bits per heavy atom. The van der Waals surface area contributed by atoms with E-state index in [-0.39, 0.29) is 25.2 Å². The number of esters is 1. The van der Waals surface area contributed by atoms with Crippen LogP contribution in [0.3, 0.4) is 0 Å². The fourth-order valence-electron chi connectivity index (χ4n) is 0.673. The fourth-order valence-corrected chi connectivity index (χ4v) is 1.50. The maximum absolute atomic E-state index is 11.0. The van der Waals surface area contributed by atoms with Gasteiger partial charge in [0.15, 0.2) is 0 Å². The molecule has 0 rings (SSSR count). The van der Waals surface area contributed by atoms with E-state index in [0.29, 0.717) is 5.57 Å². The standard InChI is InChI=1S/C8H16O3Si.H2S/c1-5-7(12-10-4)11-8(9)6(2)3;/h7H,2,5,12H2,1,3-4H3;1H2. The largest absolute Gasteiger partial charge is 0.461 e. The minimum Gasteiger partial charge on any atom is -0.461 e. The minimum atomic E-state index is -0.723. The van der Waals surface area contributed by atoms with E-state index in [1.165, 1.54) is 0 Å². The zero-order valence-electron chi connectivity index (χ0n) is 8.42. The van der Waals surface area contributed by atoms with Gasteiger partial charge in [-0.05, 0) is 13.3 Å². The molecule has 0 spiro atoms. The molecular weight excluding hydrogens is 204 g/mol. The van der Waals surface area contributed by atoms with Crippen molar-refractivity contribution in [3.63, 3.8) is 0 Å². The van der Waals surface area contributed by atoms with Crippen LogP contribution in [0, 0.1) is 0 Å². The first-order valence-corrected chi connectivity index (χ1v) is 5.36. The third-order valence-corrected chi connectivity index (χ3v) is 2.88. The molecule has 3 nitrogen and oxygen atoms in total. The molecule has 1 unspecified atom stereocenters. The van der Waals surface area contributed by atoms with Crippen molar-refractivity contribution < 1.29 is 14.0 Å². The quantitative estimate of drug-likeness (QED) is 0.390. The smallest absolute Gasteiger partial charge is 0.333 e. The normalized spacial score (nSPS) is 12.2. The first-order chi connectivity index (χ1) is 5.61. The summed E-state index contributed by atoms with van der Waals surface area (Å²) in [4.78, 5) is 11.0. The molecule has 0 aromatic heterocycles. The van der Waals surface area contributed by atoms with Crippen LogP contribution in [0.4, 0.5) is 0 Å². The second kappa shape index (κ2) is 8.34. The van der Waals surface area contributed by atoms with Gasteiger partial charge in [0, 0.05) is 12.7 Å². The molecule has 78 valence electrons. The fraction of sp³-hybridized carbons (Fsp3) is 0.625. The summed E-state index contributed by atoms with van der Waals surface area (Å²) in [7, 11) is 0.919. The summed E-state index contributed by atoms with van der Waals surface area (Å²) < 4.78 is 10.1. The van der Waals surface area contributed by atoms with Crippen LogP contribution in [-0.4, -0.2) is 28.6 Å². The van der Waals surface area contributed by atoms with Crippen molar-refractivity contribution in [2.24, 2.45) is 0 Å². The third kappa shape index (κ3) is 6.86. The monoisotopic (exact) mass is 222 g/mol. The third-order valence-electron chi connectivity index (χ3n) is 1.43. The molecule has 13 heavy (non-hydrogen) atoms. The van der Waals surface area contributed by atoms with Gasteiger partial charge in [0.05, 0.1) is 0 Å². The maximum Gasteiger partial charge on any atom is 0.333 e. The van der Waals surface area contributed by atoms with Crippen molar-refractivity contribution in [2.75, 3.05) is 7.11 Å². The van der Waals surface area contributed by atoms with Crippen LogP contribution < -0.4 is 0 Å². The zero-order valence-corrected chi connectivity index (χ0v) is 10.8. The minimum absolute atomic E-state index is 0. The molecule has 0 heterocycles. The van der Waals surface area contributed by atoms with E-state index in [1.54, 1.807) is 14.0 Å². The van der Waals surface area contributed by atoms with Crippen molar-refractivity contribution in [3.05, 3.63) is 12.2 Å². The first-order valence-electron chi connectivity index (χ1n) is 3.97. The topological polar surface area (TPSA) is 35.5 Å². The Kier molecular flexibility index (Phi) is 9.76. The molecule has 1 atom stereocenters. The molecule has 0 saturated heterocycles. The van der Waals surface area contributed by atoms with Gasteiger partial charge < -0.3 is 9.16 Å². The van der Waals surface area contributed by atoms with E-state index >= 15 is 0 Å². The highest BCUT2D eigenvalue weighted by Gasteiger charge is 2.12. The van der Waals surface area contributed by atoms with E-state index in [2.05, 4.69) is 6.58 Å². The molecule has 5 heteroatoms. The van der Waals surface area contributed by atoms with E-state index in [0.717, 1.165) is 6.42 Å². The summed E-state index contributed by atoms with van der Waals surface area (Å²) in [6.45, 7) is 7.12. The van der Waals surface area contributed by atoms with Crippen LogP contribution >= 0.6 is 13.5 Å². The summed E-state index contributed by atoms with van der Waals surface area (Å²) in [5.74, 6) is -0.314. The second-order valence-corrected chi connectivity index (χ2v) is 4.49. The van der Waals surface area contributed by atoms with Crippen LogP contribution in [0.25, 0.3) is 0 Å². The van der Waals surface area contributed by atoms with Gasteiger partial charge in [-0.2, -0.15) is 13.5 Å². The molecule has 0 radical (unpaired) electrons. The lowest BCUT2D eigenvalue weighted by Crippen LogP contribution is -2.25. The lowest BCUT2D eigenvalue weighted by molar-refractivity contribution is -0.141. The highest BCUT2D eigenvalue weighted by atomic mass is 32.1. The van der Waals surface area contributed by atoms with Crippen LogP contribution in [0.5, 0.6) is 0 Å². The van der Waals surface area contributed by atoms with Crippen LogP contribution in [0.15, 0.2) is 12.2 Å². The summed E-state index contributed by atoms with van der Waals surface area (Å²) in [5, 5.41) is 0. The highest BCUT2D eigenvalue weighted by molar-refractivity contribution is 7.59. The Labute approximate surface area is 88.9 Å². The van der Waals surface area contributed by atoms with Gasteiger partial charge >= 0.3 is 5.97 Å². The molecule has 0 saturated carbocycles. The number of ether oxygens (including phenoxy) is 1. The van der Waals surface area contributed by atoms with Crippen molar-refractivity contribution in [1.29, 1.82) is 0 Å². The molecule has 0 aromatic rings. The summed E-state index contributed by atoms with van der Waals surface area (Å²) in [5.41, 5.74) is 0.428. The molecule has 0 aliphatic rings. The first kappa shape index (κ1) is 15.2. The Bertz CT molecular complexity index is 173. The highest BCUT2D eigenvalue weighted by Crippen LogP contribution is 2.01. The van der Waals surface area contributed by atoms with E-state index < -0.39 is 9.76 Å². The van der Waals surface area contributed by atoms with Crippen molar-refractivity contribution in [1.82, 2.24) is 0 Å². The van der Waals surface area contributed by atoms with Gasteiger partial charge in [-0.25, -0.2) is 4.79 Å². The summed E-state index contributed by atoms with van der Waals surface area (Å²) >= 11 is 0. The number of hydrogen-bond donors (Lipinski definition) is 0. The van der Waals surface area contributed by atoms with Crippen LogP contribution in [0.1, 0.15) is 20.3 Å². The summed E-state index contributed by atoms with van der Waals surface area (Å²) in [6.07, 6.45) is 0.819. The molecular formula is C8H18O3SSi. The van der Waals surface area contributed by atoms with Gasteiger partial charge in [0.25, 0.3) is 0 Å². The predicted molar refractivity (Wildman–Crippen MR) is 60.9 cm³/mol. The van der Waals surface area contributed by atoms with Crippen molar-refractivity contribution in [3.8, 4) is 0 Å². The zero-order chi connectivity index (χ0) is 9.56. The van der Waals surface area contributed by atoms with Gasteiger partial charge in [0.2, 0.25) is 9.76 Å². The lowest BCUT2D eigenvalue weighted by atomic mass is 10.4. The van der Waals surface area contributed by atoms with Crippen LogP contribution in [-0.2, 0) is 14.0 Å². The van der Waals surface area contributed by atoms with Gasteiger partial charge in [-0.1, -0.05) is 13.5 Å². The maximum atomic E-state index is 11.0. The molecule has 0 aliphatic carbocycles. The van der Waals surface area contributed by atoms with Gasteiger partial charge in [0.1, 0.15) is 5.73 Å². The second-order valence-electron chi connectivity index (χ2n) is 2.67. The number of hydrogen-bond acceptors (Lipinski definition) is 3. The molecule has 0 aliphatic heterocycles. The predicted octanol–water partition coefficient (Wildman–Crippen LogP) is 0.685. The van der Waals surface area contributed by atoms with Gasteiger partial charge in [-0.15, -0.1) is 0 Å². The lowest BCUT2D eigenvalue weighted by Gasteiger charge is -2.13. The number of carbonyl (C=O) groups is 1. The Hall–Kier alpha value is -0.263. The van der Waals surface area contributed by atoms with Crippen molar-refractivity contribution in [2.45, 2.75) is 26.0 Å². The SMILES string of the molecule is C=C(C)C(=O)OC(CC)[SiH2]OC.S. The number of carbonyl (C=O) groups excluding carboxylic acids is 1. The molecule has 0 amide bonds. The van der Waals surface area contributed by atoms with E-state index in [9.17, 15) is 4.79 Å². The van der Waals surface area contributed by atoms with E-state index in [4.69, 9.17) is 9.16 Å². The Morgan fingerprint density at radius 2 is 2.15 bits per heavy atom. The van der Waals surface area contributed by atoms with E-state index in [1.807, 2.05) is 6.92 Å². The molecule has 0 bridgehead atoms. The average Bonchev–Trinajstić information content (AvgIpc) is 2.03.